The molecule has 1 saturated heterocycles. The lowest BCUT2D eigenvalue weighted by molar-refractivity contribution is -0.153. The monoisotopic (exact) mass is 342 g/mol. The van der Waals surface area contributed by atoms with Gasteiger partial charge in [0.05, 0.1) is 0 Å². The van der Waals surface area contributed by atoms with Crippen molar-refractivity contribution in [1.29, 1.82) is 0 Å². The third-order valence-corrected chi connectivity index (χ3v) is 5.28. The van der Waals surface area contributed by atoms with Crippen molar-refractivity contribution in [3.05, 3.63) is 11.3 Å². The lowest BCUT2D eigenvalue weighted by atomic mass is 9.99. The van der Waals surface area contributed by atoms with E-state index >= 15 is 0 Å². The molecule has 0 radical (unpaired) electrons. The van der Waals surface area contributed by atoms with Crippen LogP contribution in [0.3, 0.4) is 0 Å². The average Bonchev–Trinajstić information content (AvgIpc) is 2.48. The molecule has 2 unspecified atom stereocenters. The number of hydrogen-bond acceptors (Lipinski definition) is 5. The standard InChI is InChI=1S/C14H18N2O6S/c1-3-4-7(13(19)20)10(17)15-8-11(18)16-9(14(21)22)6(2)5-23-12(8)16/h7-8,12H,3-5H2,1-2H3,(H,15,17)(H,19,20)(H,21,22)/t7?,8?,12-/m1/s1. The first-order valence-electron chi connectivity index (χ1n) is 7.20. The summed E-state index contributed by atoms with van der Waals surface area (Å²) >= 11 is 1.35. The summed E-state index contributed by atoms with van der Waals surface area (Å²) in [6.45, 7) is 3.41. The topological polar surface area (TPSA) is 124 Å². The van der Waals surface area contributed by atoms with Crippen molar-refractivity contribution < 1.29 is 29.4 Å². The number of carboxylic acids is 2. The predicted octanol–water partition coefficient (Wildman–Crippen LogP) is 0.246. The fourth-order valence-corrected chi connectivity index (χ4v) is 3.98. The number of nitrogens with zero attached hydrogens (tertiary/aromatic N) is 1. The Morgan fingerprint density at radius 1 is 1.39 bits per heavy atom. The first-order chi connectivity index (χ1) is 10.8. The first-order valence-corrected chi connectivity index (χ1v) is 8.25. The van der Waals surface area contributed by atoms with Crippen LogP contribution in [0.5, 0.6) is 0 Å². The van der Waals surface area contributed by atoms with Crippen LogP contribution in [-0.4, -0.2) is 56.0 Å². The fraction of sp³-hybridized carbons (Fsp3) is 0.571. The van der Waals surface area contributed by atoms with Gasteiger partial charge in [-0.1, -0.05) is 13.3 Å². The maximum absolute atomic E-state index is 12.2. The highest BCUT2D eigenvalue weighted by Crippen LogP contribution is 2.40. The van der Waals surface area contributed by atoms with E-state index in [1.165, 1.54) is 11.8 Å². The zero-order chi connectivity index (χ0) is 17.3. The molecule has 0 saturated carbocycles. The van der Waals surface area contributed by atoms with E-state index in [4.69, 9.17) is 5.11 Å². The molecule has 0 aliphatic carbocycles. The molecule has 0 aromatic carbocycles. The molecular formula is C14H18N2O6S. The second kappa shape index (κ2) is 6.61. The summed E-state index contributed by atoms with van der Waals surface area (Å²) in [7, 11) is 0. The molecule has 2 rings (SSSR count). The molecule has 1 fully saturated rings. The van der Waals surface area contributed by atoms with E-state index in [0.717, 1.165) is 4.90 Å². The Hall–Kier alpha value is -2.03. The minimum Gasteiger partial charge on any atom is -0.481 e. The number of carbonyl (C=O) groups is 4. The Balaban J connectivity index is 2.11. The van der Waals surface area contributed by atoms with Crippen molar-refractivity contribution in [1.82, 2.24) is 10.2 Å². The number of thioether (sulfide) groups is 1. The van der Waals surface area contributed by atoms with Gasteiger partial charge in [0.2, 0.25) is 5.91 Å². The quantitative estimate of drug-likeness (QED) is 0.467. The van der Waals surface area contributed by atoms with Crippen LogP contribution in [0.15, 0.2) is 11.3 Å². The normalized spacial score (nSPS) is 24.6. The second-order valence-electron chi connectivity index (χ2n) is 5.51. The fourth-order valence-electron chi connectivity index (χ4n) is 2.68. The highest BCUT2D eigenvalue weighted by Gasteiger charge is 2.54. The van der Waals surface area contributed by atoms with Crippen molar-refractivity contribution in [2.45, 2.75) is 38.1 Å². The number of carbonyl (C=O) groups excluding carboxylic acids is 2. The molecule has 9 heteroatoms. The zero-order valence-electron chi connectivity index (χ0n) is 12.7. The molecule has 0 bridgehead atoms. The Kier molecular flexibility index (Phi) is 4.98. The molecule has 126 valence electrons. The maximum Gasteiger partial charge on any atom is 0.352 e. The molecule has 2 heterocycles. The Morgan fingerprint density at radius 2 is 2.04 bits per heavy atom. The number of β-lactam (4-membered cyclic amide) rings is 1. The van der Waals surface area contributed by atoms with Crippen LogP contribution < -0.4 is 5.32 Å². The number of nitrogens with one attached hydrogen (secondary N) is 1. The first kappa shape index (κ1) is 17.3. The van der Waals surface area contributed by atoms with Gasteiger partial charge in [0, 0.05) is 5.75 Å². The van der Waals surface area contributed by atoms with Gasteiger partial charge < -0.3 is 15.5 Å². The molecule has 0 aromatic rings. The summed E-state index contributed by atoms with van der Waals surface area (Å²) in [6.07, 6.45) is 0.710. The Labute approximate surface area is 136 Å². The molecule has 0 spiro atoms. The number of carboxylic acid groups (broad SMARTS) is 2. The maximum atomic E-state index is 12.2. The number of hydrogen-bond donors (Lipinski definition) is 3. The molecule has 3 N–H and O–H groups in total. The van der Waals surface area contributed by atoms with Gasteiger partial charge in [0.25, 0.3) is 5.91 Å². The van der Waals surface area contributed by atoms with Gasteiger partial charge >= 0.3 is 11.9 Å². The summed E-state index contributed by atoms with van der Waals surface area (Å²) in [6, 6.07) is -0.881. The van der Waals surface area contributed by atoms with Crippen LogP contribution in [0.2, 0.25) is 0 Å². The van der Waals surface area contributed by atoms with Crippen LogP contribution in [0.1, 0.15) is 26.7 Å². The summed E-state index contributed by atoms with van der Waals surface area (Å²) in [5.74, 6) is -4.40. The highest BCUT2D eigenvalue weighted by atomic mass is 32.2. The van der Waals surface area contributed by atoms with Crippen molar-refractivity contribution >= 4 is 35.5 Å². The van der Waals surface area contributed by atoms with E-state index in [2.05, 4.69) is 5.32 Å². The molecule has 2 aliphatic heterocycles. The lowest BCUT2D eigenvalue weighted by Crippen LogP contribution is -2.71. The molecule has 23 heavy (non-hydrogen) atoms. The van der Waals surface area contributed by atoms with Crippen LogP contribution >= 0.6 is 11.8 Å². The molecule has 8 nitrogen and oxygen atoms in total. The number of rotatable bonds is 6. The van der Waals surface area contributed by atoms with Gasteiger partial charge in [-0.2, -0.15) is 0 Å². The molecular weight excluding hydrogens is 324 g/mol. The van der Waals surface area contributed by atoms with E-state index in [1.54, 1.807) is 13.8 Å². The summed E-state index contributed by atoms with van der Waals surface area (Å²) in [5.41, 5.74) is 0.541. The van der Waals surface area contributed by atoms with E-state index in [1.807, 2.05) is 0 Å². The van der Waals surface area contributed by atoms with Gasteiger partial charge in [-0.15, -0.1) is 11.8 Å². The largest absolute Gasteiger partial charge is 0.481 e. The van der Waals surface area contributed by atoms with Gasteiger partial charge in [-0.05, 0) is 18.9 Å². The molecule has 0 aromatic heterocycles. The number of amides is 2. The minimum atomic E-state index is -1.23. The third kappa shape index (κ3) is 3.05. The van der Waals surface area contributed by atoms with Crippen molar-refractivity contribution in [2.75, 3.05) is 5.75 Å². The summed E-state index contributed by atoms with van der Waals surface area (Å²) < 4.78 is 0. The smallest absolute Gasteiger partial charge is 0.352 e. The van der Waals surface area contributed by atoms with Crippen LogP contribution in [0.4, 0.5) is 0 Å². The van der Waals surface area contributed by atoms with Gasteiger partial charge in [-0.3, -0.25) is 19.3 Å². The lowest BCUT2D eigenvalue weighted by Gasteiger charge is -2.49. The zero-order valence-corrected chi connectivity index (χ0v) is 13.6. The average molecular weight is 342 g/mol. The predicted molar refractivity (Wildman–Crippen MR) is 81.4 cm³/mol. The molecule has 2 amide bonds. The van der Waals surface area contributed by atoms with Crippen LogP contribution in [0.25, 0.3) is 0 Å². The van der Waals surface area contributed by atoms with Crippen LogP contribution in [-0.2, 0) is 19.2 Å². The summed E-state index contributed by atoms with van der Waals surface area (Å²) in [4.78, 5) is 47.8. The van der Waals surface area contributed by atoms with E-state index in [-0.39, 0.29) is 12.1 Å². The van der Waals surface area contributed by atoms with Gasteiger partial charge in [0.1, 0.15) is 23.0 Å². The van der Waals surface area contributed by atoms with Crippen molar-refractivity contribution in [2.24, 2.45) is 5.92 Å². The van der Waals surface area contributed by atoms with Gasteiger partial charge in [-0.25, -0.2) is 4.79 Å². The molecule has 3 atom stereocenters. The number of aliphatic carboxylic acids is 2. The second-order valence-corrected chi connectivity index (χ2v) is 6.61. The van der Waals surface area contributed by atoms with Crippen LogP contribution in [0, 0.1) is 5.92 Å². The Morgan fingerprint density at radius 3 is 2.57 bits per heavy atom. The van der Waals surface area contributed by atoms with E-state index in [0.29, 0.717) is 17.7 Å². The third-order valence-electron chi connectivity index (χ3n) is 3.85. The van der Waals surface area contributed by atoms with E-state index in [9.17, 15) is 24.3 Å². The van der Waals surface area contributed by atoms with Gasteiger partial charge in [0.15, 0.2) is 0 Å². The SMILES string of the molecule is CCCC(C(=O)O)C(=O)NC1C(=O)N2C(C(=O)O)=C(C)CS[C@H]12. The minimum absolute atomic E-state index is 0.0485. The van der Waals surface area contributed by atoms with Crippen molar-refractivity contribution in [3.8, 4) is 0 Å². The number of fused-ring (bicyclic) bond motifs is 1. The molecule has 2 aliphatic rings. The highest BCUT2D eigenvalue weighted by molar-refractivity contribution is 8.00. The van der Waals surface area contributed by atoms with E-state index < -0.39 is 41.1 Å². The summed E-state index contributed by atoms with van der Waals surface area (Å²) in [5, 5.41) is 20.3. The Bertz CT molecular complexity index is 602. The van der Waals surface area contributed by atoms with Crippen molar-refractivity contribution in [3.63, 3.8) is 0 Å².